The number of likely N-dealkylation sites (tertiary alicyclic amines) is 1. The molecule has 0 saturated carbocycles. The number of hydrogen-bond acceptors (Lipinski definition) is 3. The fraction of sp³-hybridized carbons (Fsp3) is 0.650. The number of amides is 1. The lowest BCUT2D eigenvalue weighted by atomic mass is 9.99. The van der Waals surface area contributed by atoms with Crippen LogP contribution in [0.1, 0.15) is 57.6 Å². The summed E-state index contributed by atoms with van der Waals surface area (Å²) in [6.45, 7) is 9.16. The minimum atomic E-state index is -0.421. The lowest BCUT2D eigenvalue weighted by Gasteiger charge is -2.33. The number of carbonyl (C=O) groups is 1. The summed E-state index contributed by atoms with van der Waals surface area (Å²) < 4.78 is 0. The number of nitrogens with zero attached hydrogens (tertiary/aromatic N) is 1. The van der Waals surface area contributed by atoms with Gasteiger partial charge in [-0.1, -0.05) is 51.0 Å². The van der Waals surface area contributed by atoms with Gasteiger partial charge in [0.1, 0.15) is 0 Å². The fourth-order valence-corrected chi connectivity index (χ4v) is 3.21. The third kappa shape index (κ3) is 6.61. The van der Waals surface area contributed by atoms with Crippen LogP contribution in [0, 0.1) is 5.92 Å². The van der Waals surface area contributed by atoms with Crippen LogP contribution in [0.4, 0.5) is 0 Å². The Kier molecular flexibility index (Phi) is 9.47. The van der Waals surface area contributed by atoms with E-state index in [1.54, 1.807) is 0 Å². The van der Waals surface area contributed by atoms with Crippen molar-refractivity contribution in [3.05, 3.63) is 35.4 Å². The molecule has 0 spiro atoms. The van der Waals surface area contributed by atoms with Crippen LogP contribution in [-0.2, 0) is 17.9 Å². The second-order valence-corrected chi connectivity index (χ2v) is 7.26. The maximum absolute atomic E-state index is 12.0. The van der Waals surface area contributed by atoms with Gasteiger partial charge in [0.05, 0.1) is 6.04 Å². The van der Waals surface area contributed by atoms with Crippen LogP contribution in [0.25, 0.3) is 0 Å². The van der Waals surface area contributed by atoms with Crippen molar-refractivity contribution in [3.63, 3.8) is 0 Å². The number of rotatable bonds is 7. The highest BCUT2D eigenvalue weighted by Gasteiger charge is 2.19. The number of halogens is 1. The summed E-state index contributed by atoms with van der Waals surface area (Å²) in [6, 6.07) is 8.84. The van der Waals surface area contributed by atoms with Crippen molar-refractivity contribution >= 4 is 18.3 Å². The van der Waals surface area contributed by atoms with E-state index < -0.39 is 6.04 Å². The van der Waals surface area contributed by atoms with E-state index in [4.69, 9.17) is 5.73 Å². The van der Waals surface area contributed by atoms with Crippen molar-refractivity contribution in [1.82, 2.24) is 10.2 Å². The predicted molar refractivity (Wildman–Crippen MR) is 107 cm³/mol. The van der Waals surface area contributed by atoms with Gasteiger partial charge in [-0.2, -0.15) is 0 Å². The van der Waals surface area contributed by atoms with Gasteiger partial charge in [-0.05, 0) is 43.4 Å². The molecule has 0 aromatic heterocycles. The van der Waals surface area contributed by atoms with E-state index in [0.717, 1.165) is 18.5 Å². The highest BCUT2D eigenvalue weighted by molar-refractivity contribution is 5.85. The van der Waals surface area contributed by atoms with Crippen LogP contribution < -0.4 is 11.1 Å². The summed E-state index contributed by atoms with van der Waals surface area (Å²) >= 11 is 0. The molecule has 4 nitrogen and oxygen atoms in total. The second-order valence-electron chi connectivity index (χ2n) is 7.26. The molecule has 0 bridgehead atoms. The molecule has 25 heavy (non-hydrogen) atoms. The van der Waals surface area contributed by atoms with Crippen LogP contribution in [-0.4, -0.2) is 29.4 Å². The largest absolute Gasteiger partial charge is 0.351 e. The first-order valence-electron chi connectivity index (χ1n) is 9.36. The summed E-state index contributed by atoms with van der Waals surface area (Å²) in [6.07, 6.45) is 4.89. The number of nitrogens with one attached hydrogen (secondary N) is 1. The zero-order valence-corrected chi connectivity index (χ0v) is 16.6. The minimum absolute atomic E-state index is 0. The maximum Gasteiger partial charge on any atom is 0.237 e. The molecule has 1 aromatic carbocycles. The molecule has 3 N–H and O–H groups in total. The van der Waals surface area contributed by atoms with Crippen LogP contribution in [0.5, 0.6) is 0 Å². The van der Waals surface area contributed by atoms with Gasteiger partial charge in [0, 0.05) is 19.1 Å². The van der Waals surface area contributed by atoms with Gasteiger partial charge < -0.3 is 11.1 Å². The van der Waals surface area contributed by atoms with E-state index in [2.05, 4.69) is 48.3 Å². The van der Waals surface area contributed by atoms with Crippen molar-refractivity contribution in [2.45, 2.75) is 71.6 Å². The van der Waals surface area contributed by atoms with Crippen molar-refractivity contribution in [2.24, 2.45) is 11.7 Å². The molecule has 1 aromatic rings. The average Bonchev–Trinajstić information content (AvgIpc) is 2.61. The van der Waals surface area contributed by atoms with Gasteiger partial charge in [-0.3, -0.25) is 9.69 Å². The van der Waals surface area contributed by atoms with Gasteiger partial charge in [-0.25, -0.2) is 0 Å². The van der Waals surface area contributed by atoms with E-state index in [9.17, 15) is 4.79 Å². The number of hydrogen-bond donors (Lipinski definition) is 2. The molecule has 3 atom stereocenters. The summed E-state index contributed by atoms with van der Waals surface area (Å²) in [5, 5.41) is 2.95. The van der Waals surface area contributed by atoms with Gasteiger partial charge >= 0.3 is 0 Å². The zero-order chi connectivity index (χ0) is 17.5. The van der Waals surface area contributed by atoms with Crippen molar-refractivity contribution in [2.75, 3.05) is 6.54 Å². The Bertz CT molecular complexity index is 520. The second kappa shape index (κ2) is 10.8. The molecule has 0 aliphatic carbocycles. The number of benzene rings is 1. The Labute approximate surface area is 158 Å². The Morgan fingerprint density at radius 2 is 1.92 bits per heavy atom. The first kappa shape index (κ1) is 21.9. The Balaban J connectivity index is 0.00000312. The van der Waals surface area contributed by atoms with Crippen LogP contribution in [0.3, 0.4) is 0 Å². The predicted octanol–water partition coefficient (Wildman–Crippen LogP) is 3.47. The monoisotopic (exact) mass is 367 g/mol. The van der Waals surface area contributed by atoms with E-state index >= 15 is 0 Å². The number of carbonyl (C=O) groups excluding carboxylic acids is 1. The van der Waals surface area contributed by atoms with Crippen molar-refractivity contribution in [1.29, 1.82) is 0 Å². The van der Waals surface area contributed by atoms with Crippen LogP contribution >= 0.6 is 12.4 Å². The molecule has 1 heterocycles. The molecular formula is C20H34ClN3O. The van der Waals surface area contributed by atoms with Gasteiger partial charge in [0.15, 0.2) is 0 Å². The van der Waals surface area contributed by atoms with E-state index in [0.29, 0.717) is 12.6 Å². The maximum atomic E-state index is 12.0. The molecule has 1 amide bonds. The van der Waals surface area contributed by atoms with E-state index in [-0.39, 0.29) is 24.2 Å². The molecule has 142 valence electrons. The van der Waals surface area contributed by atoms with Crippen molar-refractivity contribution in [3.8, 4) is 0 Å². The molecule has 2 rings (SSSR count). The van der Waals surface area contributed by atoms with Crippen LogP contribution in [0.2, 0.25) is 0 Å². The topological polar surface area (TPSA) is 58.4 Å². The summed E-state index contributed by atoms with van der Waals surface area (Å²) in [4.78, 5) is 14.6. The standard InChI is InChI=1S/C20H33N3O.ClH/c1-4-15(2)19(21)20(24)22-13-17-8-10-18(11-9-17)14-23-12-6-5-7-16(23)3;/h8-11,15-16,19H,4-7,12-14,21H2,1-3H3,(H,22,24);1H. The zero-order valence-electron chi connectivity index (χ0n) is 15.8. The minimum Gasteiger partial charge on any atom is -0.351 e. The van der Waals surface area contributed by atoms with Crippen LogP contribution in [0.15, 0.2) is 24.3 Å². The normalized spacial score (nSPS) is 20.4. The Hall–Kier alpha value is -1.10. The van der Waals surface area contributed by atoms with Gasteiger partial charge in [0.2, 0.25) is 5.91 Å². The molecule has 5 heteroatoms. The molecule has 1 aliphatic heterocycles. The SMILES string of the molecule is CCC(C)C(N)C(=O)NCc1ccc(CN2CCCCC2C)cc1.Cl. The highest BCUT2D eigenvalue weighted by atomic mass is 35.5. The smallest absolute Gasteiger partial charge is 0.237 e. The molecule has 1 saturated heterocycles. The average molecular weight is 368 g/mol. The third-order valence-electron chi connectivity index (χ3n) is 5.38. The first-order chi connectivity index (χ1) is 11.5. The molecule has 0 radical (unpaired) electrons. The first-order valence-corrected chi connectivity index (χ1v) is 9.36. The van der Waals surface area contributed by atoms with Gasteiger partial charge in [-0.15, -0.1) is 12.4 Å². The van der Waals surface area contributed by atoms with E-state index in [1.807, 2.05) is 6.92 Å². The third-order valence-corrected chi connectivity index (χ3v) is 5.38. The molecular weight excluding hydrogens is 334 g/mol. The number of piperidine rings is 1. The fourth-order valence-electron chi connectivity index (χ4n) is 3.21. The molecule has 1 aliphatic rings. The number of nitrogens with two attached hydrogens (primary N) is 1. The van der Waals surface area contributed by atoms with Gasteiger partial charge in [0.25, 0.3) is 0 Å². The molecule has 1 fully saturated rings. The lowest BCUT2D eigenvalue weighted by molar-refractivity contribution is -0.123. The summed E-state index contributed by atoms with van der Waals surface area (Å²) in [5.74, 6) is 0.148. The van der Waals surface area contributed by atoms with E-state index in [1.165, 1.54) is 31.4 Å². The Morgan fingerprint density at radius 1 is 1.28 bits per heavy atom. The summed E-state index contributed by atoms with van der Waals surface area (Å²) in [5.41, 5.74) is 8.42. The Morgan fingerprint density at radius 3 is 2.52 bits per heavy atom. The quantitative estimate of drug-likeness (QED) is 0.775. The summed E-state index contributed by atoms with van der Waals surface area (Å²) in [7, 11) is 0. The molecule has 3 unspecified atom stereocenters. The highest BCUT2D eigenvalue weighted by Crippen LogP contribution is 2.19. The van der Waals surface area contributed by atoms with Crippen molar-refractivity contribution < 1.29 is 4.79 Å². The lowest BCUT2D eigenvalue weighted by Crippen LogP contribution is -2.44.